The van der Waals surface area contributed by atoms with Crippen molar-refractivity contribution in [3.05, 3.63) is 83.4 Å². The number of Topliss-reactive ketones (excluding diaryl/α,β-unsaturated/α-hetero) is 2. The van der Waals surface area contributed by atoms with Crippen LogP contribution in [0.2, 0.25) is 0 Å². The monoisotopic (exact) mass is 290 g/mol. The third-order valence-corrected chi connectivity index (χ3v) is 4.14. The van der Waals surface area contributed by atoms with Gasteiger partial charge in [0.1, 0.15) is 0 Å². The Morgan fingerprint density at radius 3 is 2.09 bits per heavy atom. The first-order valence-corrected chi connectivity index (χ1v) is 7.64. The van der Waals surface area contributed by atoms with Crippen LogP contribution in [0.5, 0.6) is 0 Å². The maximum Gasteiger partial charge on any atom is 0.188 e. The van der Waals surface area contributed by atoms with Crippen LogP contribution in [0, 0.1) is 5.92 Å². The van der Waals surface area contributed by atoms with E-state index in [2.05, 4.69) is 0 Å². The Kier molecular flexibility index (Phi) is 4.29. The van der Waals surface area contributed by atoms with Gasteiger partial charge in [0.05, 0.1) is 0 Å². The van der Waals surface area contributed by atoms with Gasteiger partial charge >= 0.3 is 0 Å². The second-order valence-electron chi connectivity index (χ2n) is 5.62. The topological polar surface area (TPSA) is 34.1 Å². The van der Waals surface area contributed by atoms with E-state index in [4.69, 9.17) is 0 Å². The zero-order valence-electron chi connectivity index (χ0n) is 12.4. The number of carbonyl (C=O) groups excluding carboxylic acids is 2. The molecule has 2 aromatic rings. The number of ketones is 2. The van der Waals surface area contributed by atoms with Gasteiger partial charge in [-0.2, -0.15) is 0 Å². The average molecular weight is 290 g/mol. The summed E-state index contributed by atoms with van der Waals surface area (Å²) >= 11 is 0. The molecule has 0 unspecified atom stereocenters. The number of rotatable bonds is 5. The molecule has 0 amide bonds. The lowest BCUT2D eigenvalue weighted by molar-refractivity contribution is 0.0960. The molecule has 2 heteroatoms. The third kappa shape index (κ3) is 3.06. The first-order chi connectivity index (χ1) is 10.8. The summed E-state index contributed by atoms with van der Waals surface area (Å²) in [5, 5.41) is 0. The summed E-state index contributed by atoms with van der Waals surface area (Å²) < 4.78 is 0. The molecule has 0 aromatic heterocycles. The summed E-state index contributed by atoms with van der Waals surface area (Å²) in [6, 6.07) is 18.6. The van der Waals surface area contributed by atoms with Crippen LogP contribution in [0.1, 0.15) is 40.0 Å². The van der Waals surface area contributed by atoms with Crippen molar-refractivity contribution in [1.29, 1.82) is 0 Å². The Bertz CT molecular complexity index is 699. The highest BCUT2D eigenvalue weighted by Crippen LogP contribution is 2.32. The fraction of sp³-hybridized carbons (Fsp3) is 0.200. The highest BCUT2D eigenvalue weighted by molar-refractivity contribution is 6.10. The van der Waals surface area contributed by atoms with E-state index in [1.807, 2.05) is 66.7 Å². The summed E-state index contributed by atoms with van der Waals surface area (Å²) in [6.07, 6.45) is 4.17. The van der Waals surface area contributed by atoms with Crippen molar-refractivity contribution in [2.45, 2.75) is 19.3 Å². The lowest BCUT2D eigenvalue weighted by Crippen LogP contribution is -2.14. The van der Waals surface area contributed by atoms with Gasteiger partial charge in [0, 0.05) is 17.5 Å². The van der Waals surface area contributed by atoms with Crippen molar-refractivity contribution in [1.82, 2.24) is 0 Å². The number of carbonyl (C=O) groups is 2. The van der Waals surface area contributed by atoms with Crippen LogP contribution in [0.15, 0.2) is 72.3 Å². The van der Waals surface area contributed by atoms with E-state index in [-0.39, 0.29) is 17.5 Å². The molecule has 1 aliphatic carbocycles. The predicted molar refractivity (Wildman–Crippen MR) is 87.0 cm³/mol. The number of benzene rings is 2. The van der Waals surface area contributed by atoms with E-state index in [9.17, 15) is 9.59 Å². The largest absolute Gasteiger partial charge is 0.294 e. The third-order valence-electron chi connectivity index (χ3n) is 4.14. The van der Waals surface area contributed by atoms with Crippen molar-refractivity contribution < 1.29 is 9.59 Å². The smallest absolute Gasteiger partial charge is 0.188 e. The molecule has 1 atom stereocenters. The van der Waals surface area contributed by atoms with Gasteiger partial charge < -0.3 is 0 Å². The van der Waals surface area contributed by atoms with Crippen LogP contribution < -0.4 is 0 Å². The maximum atomic E-state index is 12.6. The molecule has 3 rings (SSSR count). The minimum Gasteiger partial charge on any atom is -0.294 e. The molecule has 0 heterocycles. The van der Waals surface area contributed by atoms with Gasteiger partial charge in [-0.05, 0) is 24.3 Å². The van der Waals surface area contributed by atoms with E-state index >= 15 is 0 Å². The van der Waals surface area contributed by atoms with E-state index in [1.54, 1.807) is 0 Å². The van der Waals surface area contributed by atoms with Gasteiger partial charge in [-0.3, -0.25) is 9.59 Å². The van der Waals surface area contributed by atoms with Crippen LogP contribution in [-0.2, 0) is 0 Å². The number of allylic oxidation sites excluding steroid dienone is 2. The average Bonchev–Trinajstić information content (AvgIpc) is 3.04. The minimum absolute atomic E-state index is 0.0420. The van der Waals surface area contributed by atoms with E-state index in [0.29, 0.717) is 12.0 Å². The second-order valence-corrected chi connectivity index (χ2v) is 5.62. The Hall–Kier alpha value is -2.48. The molecule has 110 valence electrons. The zero-order chi connectivity index (χ0) is 15.4. The molecule has 0 saturated heterocycles. The van der Waals surface area contributed by atoms with Gasteiger partial charge in [-0.25, -0.2) is 0 Å². The van der Waals surface area contributed by atoms with E-state index < -0.39 is 0 Å². The Morgan fingerprint density at radius 2 is 1.45 bits per heavy atom. The molecule has 0 N–H and O–H groups in total. The fourth-order valence-corrected chi connectivity index (χ4v) is 2.97. The van der Waals surface area contributed by atoms with Gasteiger partial charge in [0.2, 0.25) is 0 Å². The van der Waals surface area contributed by atoms with E-state index in [0.717, 1.165) is 24.0 Å². The highest BCUT2D eigenvalue weighted by atomic mass is 16.1. The molecular formula is C20H18O2. The SMILES string of the molecule is O=C(C[C@H]1CCC=C1C(=O)c1ccccc1)c1ccccc1. The van der Waals surface area contributed by atoms with Crippen molar-refractivity contribution in [2.75, 3.05) is 0 Å². The Balaban J connectivity index is 1.74. The lowest BCUT2D eigenvalue weighted by Gasteiger charge is -2.13. The number of hydrogen-bond acceptors (Lipinski definition) is 2. The molecule has 1 aliphatic rings. The summed E-state index contributed by atoms with van der Waals surface area (Å²) in [6.45, 7) is 0. The minimum atomic E-state index is 0.0420. The number of hydrogen-bond donors (Lipinski definition) is 0. The molecule has 2 nitrogen and oxygen atoms in total. The predicted octanol–water partition coefficient (Wildman–Crippen LogP) is 4.48. The van der Waals surface area contributed by atoms with Crippen LogP contribution in [-0.4, -0.2) is 11.6 Å². The first kappa shape index (κ1) is 14.5. The molecule has 0 spiro atoms. The van der Waals surface area contributed by atoms with Crippen LogP contribution in [0.25, 0.3) is 0 Å². The second kappa shape index (κ2) is 6.52. The fourth-order valence-electron chi connectivity index (χ4n) is 2.97. The summed E-state index contributed by atoms with van der Waals surface area (Å²) in [5.74, 6) is 0.212. The zero-order valence-corrected chi connectivity index (χ0v) is 12.4. The molecule has 0 aliphatic heterocycles. The van der Waals surface area contributed by atoms with Gasteiger partial charge in [0.25, 0.3) is 0 Å². The molecule has 2 aromatic carbocycles. The van der Waals surface area contributed by atoms with Gasteiger partial charge in [-0.1, -0.05) is 66.7 Å². The molecule has 0 radical (unpaired) electrons. The van der Waals surface area contributed by atoms with Gasteiger partial charge in [-0.15, -0.1) is 0 Å². The van der Waals surface area contributed by atoms with Crippen LogP contribution >= 0.6 is 0 Å². The van der Waals surface area contributed by atoms with Crippen molar-refractivity contribution in [3.8, 4) is 0 Å². The molecule has 0 bridgehead atoms. The summed E-state index contributed by atoms with van der Waals surface area (Å²) in [4.78, 5) is 25.0. The lowest BCUT2D eigenvalue weighted by atomic mass is 9.88. The normalized spacial score (nSPS) is 17.1. The Morgan fingerprint density at radius 1 is 0.864 bits per heavy atom. The molecule has 0 saturated carbocycles. The van der Waals surface area contributed by atoms with Crippen molar-refractivity contribution in [3.63, 3.8) is 0 Å². The van der Waals surface area contributed by atoms with Crippen molar-refractivity contribution >= 4 is 11.6 Å². The summed E-state index contributed by atoms with van der Waals surface area (Å²) in [7, 11) is 0. The molecule has 22 heavy (non-hydrogen) atoms. The highest BCUT2D eigenvalue weighted by Gasteiger charge is 2.27. The molecule has 0 fully saturated rings. The standard InChI is InChI=1S/C20H18O2/c21-19(15-8-3-1-4-9-15)14-17-12-7-13-18(17)20(22)16-10-5-2-6-11-16/h1-6,8-11,13,17H,7,12,14H2/t17-/m1/s1. The van der Waals surface area contributed by atoms with Crippen molar-refractivity contribution in [2.24, 2.45) is 5.92 Å². The summed E-state index contributed by atoms with van der Waals surface area (Å²) in [5.41, 5.74) is 2.23. The van der Waals surface area contributed by atoms with E-state index in [1.165, 1.54) is 0 Å². The van der Waals surface area contributed by atoms with Crippen LogP contribution in [0.3, 0.4) is 0 Å². The van der Waals surface area contributed by atoms with Gasteiger partial charge in [0.15, 0.2) is 11.6 Å². The van der Waals surface area contributed by atoms with Crippen LogP contribution in [0.4, 0.5) is 0 Å². The first-order valence-electron chi connectivity index (χ1n) is 7.64. The quantitative estimate of drug-likeness (QED) is 0.761. The Labute approximate surface area is 130 Å². The maximum absolute atomic E-state index is 12.6. The molecular weight excluding hydrogens is 272 g/mol.